The van der Waals surface area contributed by atoms with Crippen LogP contribution in [0.2, 0.25) is 0 Å². The number of nitrogens with one attached hydrogen (secondary N) is 2. The predicted octanol–water partition coefficient (Wildman–Crippen LogP) is 5.76. The number of ether oxygens (including phenoxy) is 2. The maximum atomic E-state index is 13.2. The van der Waals surface area contributed by atoms with Gasteiger partial charge in [0.05, 0.1) is 5.41 Å². The molecule has 0 spiro atoms. The molecule has 164 valence electrons. The van der Waals surface area contributed by atoms with E-state index in [1.165, 1.54) is 4.90 Å². The number of carbonyl (C=O) groups is 1. The Morgan fingerprint density at radius 3 is 2.47 bits per heavy atom. The second-order valence-corrected chi connectivity index (χ2v) is 9.50. The fourth-order valence-corrected chi connectivity index (χ4v) is 4.54. The Hall–Kier alpha value is -2.96. The van der Waals surface area contributed by atoms with Crippen LogP contribution in [0.25, 0.3) is 11.1 Å². The van der Waals surface area contributed by atoms with Crippen molar-refractivity contribution in [1.29, 1.82) is 0 Å². The lowest BCUT2D eigenvalue weighted by atomic mass is 9.94. The Kier molecular flexibility index (Phi) is 5.57. The fraction of sp³-hybridized carbons (Fsp3) is 0.269. The van der Waals surface area contributed by atoms with Crippen LogP contribution < -0.4 is 19.5 Å². The molecule has 1 fully saturated rings. The van der Waals surface area contributed by atoms with Crippen LogP contribution in [0.4, 0.5) is 5.69 Å². The van der Waals surface area contributed by atoms with Gasteiger partial charge in [0.2, 0.25) is 12.7 Å². The Balaban J connectivity index is 1.30. The van der Waals surface area contributed by atoms with Crippen molar-refractivity contribution in [2.24, 2.45) is 0 Å². The summed E-state index contributed by atoms with van der Waals surface area (Å²) in [5.74, 6) is 1.48. The SMILES string of the molecule is CC(C)NSc1ccc(-c2cccc(NC(=O)C3(c4ccc5c(c4)OCO5)CC3)c2)cc1. The van der Waals surface area contributed by atoms with E-state index in [9.17, 15) is 4.79 Å². The molecule has 2 N–H and O–H groups in total. The molecule has 3 aromatic carbocycles. The lowest BCUT2D eigenvalue weighted by molar-refractivity contribution is -0.118. The summed E-state index contributed by atoms with van der Waals surface area (Å²) in [6.45, 7) is 4.48. The molecular formula is C26H26N2O3S. The second-order valence-electron chi connectivity index (χ2n) is 8.58. The first-order valence-corrected chi connectivity index (χ1v) is 11.7. The number of carbonyl (C=O) groups excluding carboxylic acids is 1. The maximum Gasteiger partial charge on any atom is 0.235 e. The average Bonchev–Trinajstić information content (AvgIpc) is 3.49. The zero-order chi connectivity index (χ0) is 22.1. The van der Waals surface area contributed by atoms with Crippen molar-refractivity contribution in [1.82, 2.24) is 4.72 Å². The van der Waals surface area contributed by atoms with E-state index in [1.54, 1.807) is 11.9 Å². The first-order chi connectivity index (χ1) is 15.5. The molecule has 1 saturated carbocycles. The summed E-state index contributed by atoms with van der Waals surface area (Å²) in [6, 6.07) is 22.7. The minimum Gasteiger partial charge on any atom is -0.454 e. The molecule has 2 aliphatic rings. The Bertz CT molecular complexity index is 1140. The van der Waals surface area contributed by atoms with Gasteiger partial charge in [0.15, 0.2) is 11.5 Å². The molecule has 0 unspecified atom stereocenters. The van der Waals surface area contributed by atoms with E-state index >= 15 is 0 Å². The van der Waals surface area contributed by atoms with Crippen molar-refractivity contribution in [3.05, 3.63) is 72.3 Å². The van der Waals surface area contributed by atoms with Crippen LogP contribution in [0, 0.1) is 0 Å². The van der Waals surface area contributed by atoms with Gasteiger partial charge in [-0.3, -0.25) is 9.52 Å². The van der Waals surface area contributed by atoms with Crippen molar-refractivity contribution in [3.8, 4) is 22.6 Å². The van der Waals surface area contributed by atoms with E-state index < -0.39 is 5.41 Å². The molecule has 5 nitrogen and oxygen atoms in total. The summed E-state index contributed by atoms with van der Waals surface area (Å²) in [5.41, 5.74) is 3.49. The summed E-state index contributed by atoms with van der Waals surface area (Å²) in [7, 11) is 0. The third-order valence-corrected chi connectivity index (χ3v) is 6.93. The van der Waals surface area contributed by atoms with Crippen LogP contribution in [-0.2, 0) is 10.2 Å². The number of benzene rings is 3. The third kappa shape index (κ3) is 4.20. The second kappa shape index (κ2) is 8.52. The van der Waals surface area contributed by atoms with E-state index in [2.05, 4.69) is 54.2 Å². The fourth-order valence-electron chi connectivity index (χ4n) is 3.89. The molecule has 0 bridgehead atoms. The molecule has 6 heteroatoms. The molecule has 32 heavy (non-hydrogen) atoms. The van der Waals surface area contributed by atoms with Crippen molar-refractivity contribution in [2.75, 3.05) is 12.1 Å². The molecule has 0 aromatic heterocycles. The van der Waals surface area contributed by atoms with Gasteiger partial charge in [-0.15, -0.1) is 0 Å². The van der Waals surface area contributed by atoms with Gasteiger partial charge in [0.25, 0.3) is 0 Å². The van der Waals surface area contributed by atoms with Crippen LogP contribution in [0.3, 0.4) is 0 Å². The normalized spacial score (nSPS) is 15.6. The van der Waals surface area contributed by atoms with Gasteiger partial charge in [-0.2, -0.15) is 0 Å². The third-order valence-electron chi connectivity index (χ3n) is 5.83. The molecule has 1 amide bonds. The molecule has 0 radical (unpaired) electrons. The predicted molar refractivity (Wildman–Crippen MR) is 128 cm³/mol. The van der Waals surface area contributed by atoms with Crippen LogP contribution in [-0.4, -0.2) is 18.7 Å². The van der Waals surface area contributed by atoms with Gasteiger partial charge in [0, 0.05) is 16.6 Å². The topological polar surface area (TPSA) is 59.6 Å². The van der Waals surface area contributed by atoms with E-state index in [1.807, 2.05) is 36.4 Å². The smallest absolute Gasteiger partial charge is 0.235 e. The lowest BCUT2D eigenvalue weighted by Crippen LogP contribution is -2.27. The molecule has 5 rings (SSSR count). The van der Waals surface area contributed by atoms with E-state index in [-0.39, 0.29) is 12.7 Å². The summed E-state index contributed by atoms with van der Waals surface area (Å²) in [4.78, 5) is 14.4. The summed E-state index contributed by atoms with van der Waals surface area (Å²) in [6.07, 6.45) is 1.67. The summed E-state index contributed by atoms with van der Waals surface area (Å²) < 4.78 is 14.3. The van der Waals surface area contributed by atoms with Crippen LogP contribution in [0.1, 0.15) is 32.3 Å². The Morgan fingerprint density at radius 1 is 0.938 bits per heavy atom. The van der Waals surface area contributed by atoms with Gasteiger partial charge >= 0.3 is 0 Å². The number of fused-ring (bicyclic) bond motifs is 1. The summed E-state index contributed by atoms with van der Waals surface area (Å²) in [5, 5.41) is 3.14. The number of hydrogen-bond donors (Lipinski definition) is 2. The van der Waals surface area contributed by atoms with Crippen LogP contribution in [0.5, 0.6) is 11.5 Å². The molecule has 3 aromatic rings. The number of anilines is 1. The molecule has 0 saturated heterocycles. The number of amides is 1. The van der Waals surface area contributed by atoms with Gasteiger partial charge in [-0.25, -0.2) is 0 Å². The minimum atomic E-state index is -0.487. The van der Waals surface area contributed by atoms with Crippen LogP contribution >= 0.6 is 11.9 Å². The molecule has 1 heterocycles. The number of hydrogen-bond acceptors (Lipinski definition) is 5. The van der Waals surface area contributed by atoms with Crippen molar-refractivity contribution in [2.45, 2.75) is 43.0 Å². The largest absolute Gasteiger partial charge is 0.454 e. The first kappa shape index (κ1) is 20.9. The van der Waals surface area contributed by atoms with E-state index in [4.69, 9.17) is 9.47 Å². The molecule has 1 aliphatic heterocycles. The van der Waals surface area contributed by atoms with Crippen LogP contribution in [0.15, 0.2) is 71.6 Å². The van der Waals surface area contributed by atoms with Gasteiger partial charge in [-0.05, 0) is 91.7 Å². The highest BCUT2D eigenvalue weighted by Crippen LogP contribution is 2.51. The van der Waals surface area contributed by atoms with Gasteiger partial charge in [0.1, 0.15) is 0 Å². The first-order valence-electron chi connectivity index (χ1n) is 10.9. The van der Waals surface area contributed by atoms with Crippen molar-refractivity contribution < 1.29 is 14.3 Å². The van der Waals surface area contributed by atoms with Gasteiger partial charge < -0.3 is 14.8 Å². The van der Waals surface area contributed by atoms with E-state index in [0.29, 0.717) is 11.8 Å². The lowest BCUT2D eigenvalue weighted by Gasteiger charge is -2.17. The van der Waals surface area contributed by atoms with E-state index in [0.717, 1.165) is 41.0 Å². The quantitative estimate of drug-likeness (QED) is 0.452. The highest BCUT2D eigenvalue weighted by molar-refractivity contribution is 7.97. The highest BCUT2D eigenvalue weighted by atomic mass is 32.2. The average molecular weight is 447 g/mol. The zero-order valence-corrected chi connectivity index (χ0v) is 19.0. The monoisotopic (exact) mass is 446 g/mol. The number of rotatable bonds is 7. The highest BCUT2D eigenvalue weighted by Gasteiger charge is 2.51. The Morgan fingerprint density at radius 2 is 1.72 bits per heavy atom. The van der Waals surface area contributed by atoms with Gasteiger partial charge in [-0.1, -0.05) is 30.3 Å². The zero-order valence-electron chi connectivity index (χ0n) is 18.2. The molecule has 0 atom stereocenters. The maximum absolute atomic E-state index is 13.2. The Labute approximate surface area is 192 Å². The molecule has 1 aliphatic carbocycles. The summed E-state index contributed by atoms with van der Waals surface area (Å²) >= 11 is 1.64. The minimum absolute atomic E-state index is 0.0278. The van der Waals surface area contributed by atoms with Crippen molar-refractivity contribution in [3.63, 3.8) is 0 Å². The standard InChI is InChI=1S/C26H26N2O3S/c1-17(2)28-32-22-9-6-18(7-10-22)19-4-3-5-21(14-19)27-25(29)26(12-13-26)20-8-11-23-24(15-20)31-16-30-23/h3-11,14-15,17,28H,12-13,16H2,1-2H3,(H,27,29). The molecular weight excluding hydrogens is 420 g/mol. The van der Waals surface area contributed by atoms with Crippen molar-refractivity contribution >= 4 is 23.5 Å².